The number of hydrogen-bond donors (Lipinski definition) is 1. The van der Waals surface area contributed by atoms with Gasteiger partial charge in [0.25, 0.3) is 5.91 Å². The summed E-state index contributed by atoms with van der Waals surface area (Å²) in [6.45, 7) is 2.39. The van der Waals surface area contributed by atoms with Gasteiger partial charge >= 0.3 is 0 Å². The van der Waals surface area contributed by atoms with Crippen molar-refractivity contribution in [2.75, 3.05) is 11.9 Å². The normalized spacial score (nSPS) is 10.3. The van der Waals surface area contributed by atoms with E-state index in [-0.39, 0.29) is 12.5 Å². The van der Waals surface area contributed by atoms with Gasteiger partial charge in [0, 0.05) is 16.2 Å². The van der Waals surface area contributed by atoms with Crippen LogP contribution in [0.3, 0.4) is 0 Å². The molecule has 0 aromatic heterocycles. The first kappa shape index (κ1) is 19.0. The smallest absolute Gasteiger partial charge is 0.262 e. The van der Waals surface area contributed by atoms with Crippen molar-refractivity contribution >= 4 is 27.5 Å². The fourth-order valence-corrected chi connectivity index (χ4v) is 2.70. The molecule has 0 bridgehead atoms. The van der Waals surface area contributed by atoms with E-state index >= 15 is 0 Å². The van der Waals surface area contributed by atoms with Crippen LogP contribution in [0.5, 0.6) is 11.5 Å². The number of anilines is 1. The minimum absolute atomic E-state index is 0.0594. The summed E-state index contributed by atoms with van der Waals surface area (Å²) in [5.74, 6) is 1.13. The van der Waals surface area contributed by atoms with E-state index in [1.54, 1.807) is 6.07 Å². The molecule has 0 atom stereocenters. The molecule has 3 rings (SSSR count). The zero-order chi connectivity index (χ0) is 19.1. The average molecular weight is 426 g/mol. The van der Waals surface area contributed by atoms with E-state index in [1.807, 2.05) is 73.7 Å². The predicted octanol–water partition coefficient (Wildman–Crippen LogP) is 5.35. The van der Waals surface area contributed by atoms with Crippen LogP contribution < -0.4 is 14.8 Å². The molecule has 3 aromatic rings. The van der Waals surface area contributed by atoms with Crippen LogP contribution in [0.15, 0.2) is 77.3 Å². The zero-order valence-corrected chi connectivity index (χ0v) is 16.5. The lowest BCUT2D eigenvalue weighted by atomic mass is 10.2. The van der Waals surface area contributed by atoms with Gasteiger partial charge in [-0.1, -0.05) is 52.3 Å². The van der Waals surface area contributed by atoms with Crippen molar-refractivity contribution in [1.82, 2.24) is 0 Å². The van der Waals surface area contributed by atoms with E-state index < -0.39 is 0 Å². The molecule has 1 amide bonds. The van der Waals surface area contributed by atoms with Gasteiger partial charge in [0.1, 0.15) is 18.1 Å². The molecule has 0 aliphatic rings. The molecule has 3 aromatic carbocycles. The van der Waals surface area contributed by atoms with Crippen molar-refractivity contribution < 1.29 is 14.3 Å². The summed E-state index contributed by atoms with van der Waals surface area (Å²) in [7, 11) is 0. The number of carbonyl (C=O) groups excluding carboxylic acids is 1. The molecule has 0 saturated heterocycles. The Balaban J connectivity index is 1.52. The highest BCUT2D eigenvalue weighted by Gasteiger charge is 2.06. The summed E-state index contributed by atoms with van der Waals surface area (Å²) >= 11 is 3.44. The van der Waals surface area contributed by atoms with E-state index in [0.29, 0.717) is 23.8 Å². The van der Waals surface area contributed by atoms with Crippen LogP contribution in [0, 0.1) is 6.92 Å². The highest BCUT2D eigenvalue weighted by molar-refractivity contribution is 9.10. The maximum Gasteiger partial charge on any atom is 0.262 e. The van der Waals surface area contributed by atoms with Crippen LogP contribution in [0.4, 0.5) is 5.69 Å². The van der Waals surface area contributed by atoms with Gasteiger partial charge in [0.05, 0.1) is 0 Å². The Morgan fingerprint density at radius 1 is 0.926 bits per heavy atom. The number of hydrogen-bond acceptors (Lipinski definition) is 3. The lowest BCUT2D eigenvalue weighted by Crippen LogP contribution is -2.20. The second kappa shape index (κ2) is 9.24. The monoisotopic (exact) mass is 425 g/mol. The molecule has 4 nitrogen and oxygen atoms in total. The highest BCUT2D eigenvalue weighted by Crippen LogP contribution is 2.22. The molecule has 5 heteroatoms. The third-order valence-corrected chi connectivity index (χ3v) is 4.76. The topological polar surface area (TPSA) is 47.6 Å². The Labute approximate surface area is 167 Å². The van der Waals surface area contributed by atoms with Gasteiger partial charge in [-0.15, -0.1) is 0 Å². The molecule has 138 valence electrons. The molecule has 0 aliphatic heterocycles. The largest absolute Gasteiger partial charge is 0.489 e. The van der Waals surface area contributed by atoms with Gasteiger partial charge in [-0.2, -0.15) is 0 Å². The number of ether oxygens (including phenoxy) is 2. The van der Waals surface area contributed by atoms with Gasteiger partial charge < -0.3 is 14.8 Å². The quantitative estimate of drug-likeness (QED) is 0.554. The summed E-state index contributed by atoms with van der Waals surface area (Å²) in [6.07, 6.45) is 0. The Morgan fingerprint density at radius 2 is 1.70 bits per heavy atom. The number of carbonyl (C=O) groups is 1. The number of aryl methyl sites for hydroxylation is 1. The van der Waals surface area contributed by atoms with Crippen molar-refractivity contribution in [2.45, 2.75) is 13.5 Å². The average Bonchev–Trinajstić information content (AvgIpc) is 2.68. The van der Waals surface area contributed by atoms with Crippen LogP contribution in [-0.4, -0.2) is 12.5 Å². The Hall–Kier alpha value is -2.79. The van der Waals surface area contributed by atoms with Gasteiger partial charge in [-0.05, 0) is 48.4 Å². The second-order valence-electron chi connectivity index (χ2n) is 6.05. The number of benzene rings is 3. The van der Waals surface area contributed by atoms with E-state index in [4.69, 9.17) is 9.47 Å². The van der Waals surface area contributed by atoms with E-state index in [2.05, 4.69) is 21.2 Å². The Morgan fingerprint density at radius 3 is 2.48 bits per heavy atom. The molecule has 0 saturated carbocycles. The maximum atomic E-state index is 12.1. The van der Waals surface area contributed by atoms with Gasteiger partial charge in [-0.3, -0.25) is 4.79 Å². The molecular weight excluding hydrogens is 406 g/mol. The molecule has 0 fully saturated rings. The van der Waals surface area contributed by atoms with Gasteiger partial charge in [-0.25, -0.2) is 0 Å². The first-order chi connectivity index (χ1) is 13.1. The summed E-state index contributed by atoms with van der Waals surface area (Å²) in [5, 5.41) is 2.82. The lowest BCUT2D eigenvalue weighted by molar-refractivity contribution is -0.118. The van der Waals surface area contributed by atoms with Crippen molar-refractivity contribution in [3.05, 3.63) is 88.4 Å². The third kappa shape index (κ3) is 5.86. The van der Waals surface area contributed by atoms with Crippen LogP contribution in [0.25, 0.3) is 0 Å². The summed E-state index contributed by atoms with van der Waals surface area (Å²) < 4.78 is 12.3. The zero-order valence-electron chi connectivity index (χ0n) is 14.9. The van der Waals surface area contributed by atoms with Crippen molar-refractivity contribution in [3.8, 4) is 11.5 Å². The van der Waals surface area contributed by atoms with Crippen LogP contribution >= 0.6 is 15.9 Å². The summed E-state index contributed by atoms with van der Waals surface area (Å²) in [5.41, 5.74) is 2.81. The third-order valence-electron chi connectivity index (χ3n) is 3.87. The van der Waals surface area contributed by atoms with Crippen LogP contribution in [-0.2, 0) is 11.4 Å². The standard InChI is InChI=1S/C22H20BrNO3/c1-16-12-20(10-11-21(16)23)27-15-22(25)24-18-8-5-9-19(13-18)26-14-17-6-3-2-4-7-17/h2-13H,14-15H2,1H3,(H,24,25). The molecule has 0 radical (unpaired) electrons. The van der Waals surface area contributed by atoms with Gasteiger partial charge in [0.15, 0.2) is 6.61 Å². The van der Waals surface area contributed by atoms with Crippen molar-refractivity contribution in [1.29, 1.82) is 0 Å². The number of nitrogens with one attached hydrogen (secondary N) is 1. The Bertz CT molecular complexity index is 912. The molecule has 0 unspecified atom stereocenters. The summed E-state index contributed by atoms with van der Waals surface area (Å²) in [6, 6.07) is 22.9. The first-order valence-corrected chi connectivity index (χ1v) is 9.35. The minimum atomic E-state index is -0.226. The minimum Gasteiger partial charge on any atom is -0.489 e. The second-order valence-corrected chi connectivity index (χ2v) is 6.90. The molecule has 0 aliphatic carbocycles. The number of halogens is 1. The molecular formula is C22H20BrNO3. The lowest BCUT2D eigenvalue weighted by Gasteiger charge is -2.10. The summed E-state index contributed by atoms with van der Waals surface area (Å²) in [4.78, 5) is 12.1. The van der Waals surface area contributed by atoms with Gasteiger partial charge in [0.2, 0.25) is 0 Å². The van der Waals surface area contributed by atoms with Crippen molar-refractivity contribution in [3.63, 3.8) is 0 Å². The fourth-order valence-electron chi connectivity index (χ4n) is 2.46. The van der Waals surface area contributed by atoms with Crippen molar-refractivity contribution in [2.24, 2.45) is 0 Å². The SMILES string of the molecule is Cc1cc(OCC(=O)Nc2cccc(OCc3ccccc3)c2)ccc1Br. The molecule has 0 spiro atoms. The predicted molar refractivity (Wildman–Crippen MR) is 110 cm³/mol. The molecule has 1 N–H and O–H groups in total. The van der Waals surface area contributed by atoms with Crippen LogP contribution in [0.2, 0.25) is 0 Å². The first-order valence-electron chi connectivity index (χ1n) is 8.56. The highest BCUT2D eigenvalue weighted by atomic mass is 79.9. The number of rotatable bonds is 7. The van der Waals surface area contributed by atoms with E-state index in [0.717, 1.165) is 15.6 Å². The number of amides is 1. The Kier molecular flexibility index (Phi) is 6.49. The fraction of sp³-hybridized carbons (Fsp3) is 0.136. The molecule has 0 heterocycles. The van der Waals surface area contributed by atoms with Crippen LogP contribution in [0.1, 0.15) is 11.1 Å². The molecule has 27 heavy (non-hydrogen) atoms. The maximum absolute atomic E-state index is 12.1. The van der Waals surface area contributed by atoms with E-state index in [1.165, 1.54) is 0 Å². The van der Waals surface area contributed by atoms with E-state index in [9.17, 15) is 4.79 Å².